The Hall–Kier alpha value is -1.06. The molecule has 0 atom stereocenters. The van der Waals surface area contributed by atoms with Gasteiger partial charge in [-0.2, -0.15) is 0 Å². The van der Waals surface area contributed by atoms with Gasteiger partial charge in [0.1, 0.15) is 5.75 Å². The first-order valence-electron chi connectivity index (χ1n) is 6.93. The molecular formula is C15H26N2O. The predicted octanol–water partition coefficient (Wildman–Crippen LogP) is 2.48. The third-order valence-corrected chi connectivity index (χ3v) is 2.85. The summed E-state index contributed by atoms with van der Waals surface area (Å²) in [5, 5.41) is 3.42. The van der Waals surface area contributed by atoms with Crippen molar-refractivity contribution in [3.8, 4) is 5.75 Å². The van der Waals surface area contributed by atoms with E-state index in [0.717, 1.165) is 44.8 Å². The molecule has 3 nitrogen and oxygen atoms in total. The highest BCUT2D eigenvalue weighted by atomic mass is 16.5. The summed E-state index contributed by atoms with van der Waals surface area (Å²) in [4.78, 5) is 0. The lowest BCUT2D eigenvalue weighted by Crippen LogP contribution is -2.18. The van der Waals surface area contributed by atoms with Crippen LogP contribution in [0, 0.1) is 6.92 Å². The molecule has 3 N–H and O–H groups in total. The van der Waals surface area contributed by atoms with E-state index in [0.29, 0.717) is 0 Å². The molecule has 0 aliphatic heterocycles. The van der Waals surface area contributed by atoms with E-state index in [1.807, 2.05) is 12.1 Å². The van der Waals surface area contributed by atoms with E-state index < -0.39 is 0 Å². The minimum atomic E-state index is 0.777. The van der Waals surface area contributed by atoms with Crippen LogP contribution in [0.3, 0.4) is 0 Å². The molecule has 18 heavy (non-hydrogen) atoms. The SMILES string of the molecule is Cc1ccc(OCCCNCCCCCN)cc1. The molecule has 0 radical (unpaired) electrons. The number of nitrogens with two attached hydrogens (primary N) is 1. The maximum atomic E-state index is 5.65. The number of hydrogen-bond donors (Lipinski definition) is 2. The second-order valence-corrected chi connectivity index (χ2v) is 4.61. The zero-order valence-electron chi connectivity index (χ0n) is 11.5. The summed E-state index contributed by atoms with van der Waals surface area (Å²) in [6.07, 6.45) is 4.63. The number of benzene rings is 1. The van der Waals surface area contributed by atoms with Crippen molar-refractivity contribution in [3.63, 3.8) is 0 Å². The first kappa shape index (κ1) is 15.0. The molecule has 1 rings (SSSR count). The predicted molar refractivity (Wildman–Crippen MR) is 77.1 cm³/mol. The van der Waals surface area contributed by atoms with Gasteiger partial charge in [-0.1, -0.05) is 24.1 Å². The second kappa shape index (κ2) is 9.92. The highest BCUT2D eigenvalue weighted by Gasteiger charge is 1.93. The highest BCUT2D eigenvalue weighted by Crippen LogP contribution is 2.11. The molecule has 1 aromatic carbocycles. The van der Waals surface area contributed by atoms with Gasteiger partial charge in [-0.3, -0.25) is 0 Å². The molecule has 3 heteroatoms. The van der Waals surface area contributed by atoms with Crippen LogP contribution in [0.2, 0.25) is 0 Å². The van der Waals surface area contributed by atoms with Gasteiger partial charge >= 0.3 is 0 Å². The Bertz CT molecular complexity index is 298. The molecule has 102 valence electrons. The molecule has 0 bridgehead atoms. The lowest BCUT2D eigenvalue weighted by atomic mass is 10.2. The molecule has 0 saturated heterocycles. The summed E-state index contributed by atoms with van der Waals surface area (Å²) >= 11 is 0. The van der Waals surface area contributed by atoms with Crippen molar-refractivity contribution >= 4 is 0 Å². The van der Waals surface area contributed by atoms with E-state index in [9.17, 15) is 0 Å². The van der Waals surface area contributed by atoms with Crippen LogP contribution in [-0.2, 0) is 0 Å². The fraction of sp³-hybridized carbons (Fsp3) is 0.600. The fourth-order valence-corrected chi connectivity index (χ4v) is 1.72. The van der Waals surface area contributed by atoms with Gasteiger partial charge < -0.3 is 15.8 Å². The number of nitrogens with one attached hydrogen (secondary N) is 1. The van der Waals surface area contributed by atoms with Crippen LogP contribution in [-0.4, -0.2) is 26.2 Å². The molecule has 0 amide bonds. The fourth-order valence-electron chi connectivity index (χ4n) is 1.72. The van der Waals surface area contributed by atoms with Crippen LogP contribution >= 0.6 is 0 Å². The lowest BCUT2D eigenvalue weighted by Gasteiger charge is -2.07. The van der Waals surface area contributed by atoms with Gasteiger partial charge in [-0.25, -0.2) is 0 Å². The molecule has 0 unspecified atom stereocenters. The van der Waals surface area contributed by atoms with Crippen LogP contribution in [0.25, 0.3) is 0 Å². The molecule has 0 aliphatic rings. The first-order valence-corrected chi connectivity index (χ1v) is 6.93. The normalized spacial score (nSPS) is 10.6. The molecule has 0 aromatic heterocycles. The minimum Gasteiger partial charge on any atom is -0.494 e. The van der Waals surface area contributed by atoms with Gasteiger partial charge in [0.25, 0.3) is 0 Å². The van der Waals surface area contributed by atoms with Crippen molar-refractivity contribution in [2.75, 3.05) is 26.2 Å². The van der Waals surface area contributed by atoms with Crippen LogP contribution in [0.4, 0.5) is 0 Å². The van der Waals surface area contributed by atoms with Gasteiger partial charge in [0, 0.05) is 0 Å². The number of ether oxygens (including phenoxy) is 1. The Kier molecular flexibility index (Phi) is 8.26. The average molecular weight is 250 g/mol. The standard InChI is InChI=1S/C15H26N2O/c1-14-6-8-15(9-7-14)18-13-5-12-17-11-4-2-3-10-16/h6-9,17H,2-5,10-13,16H2,1H3. The third kappa shape index (κ3) is 7.30. The van der Waals surface area contributed by atoms with E-state index >= 15 is 0 Å². The van der Waals surface area contributed by atoms with Crippen molar-refractivity contribution in [1.82, 2.24) is 5.32 Å². The summed E-state index contributed by atoms with van der Waals surface area (Å²) in [5.74, 6) is 0.962. The zero-order valence-corrected chi connectivity index (χ0v) is 11.5. The molecule has 0 aliphatic carbocycles. The molecule has 1 aromatic rings. The van der Waals surface area contributed by atoms with Crippen LogP contribution in [0.5, 0.6) is 5.75 Å². The topological polar surface area (TPSA) is 47.3 Å². The lowest BCUT2D eigenvalue weighted by molar-refractivity contribution is 0.308. The van der Waals surface area contributed by atoms with Crippen molar-refractivity contribution in [2.45, 2.75) is 32.6 Å². The zero-order chi connectivity index (χ0) is 13.1. The van der Waals surface area contributed by atoms with E-state index in [1.165, 1.54) is 18.4 Å². The summed E-state index contributed by atoms with van der Waals surface area (Å²) < 4.78 is 5.65. The highest BCUT2D eigenvalue weighted by molar-refractivity contribution is 5.26. The molecular weight excluding hydrogens is 224 g/mol. The van der Waals surface area contributed by atoms with E-state index in [-0.39, 0.29) is 0 Å². The Morgan fingerprint density at radius 1 is 1.00 bits per heavy atom. The van der Waals surface area contributed by atoms with Crippen molar-refractivity contribution in [1.29, 1.82) is 0 Å². The van der Waals surface area contributed by atoms with Crippen molar-refractivity contribution < 1.29 is 4.74 Å². The van der Waals surface area contributed by atoms with Gasteiger partial charge in [-0.15, -0.1) is 0 Å². The van der Waals surface area contributed by atoms with Crippen molar-refractivity contribution in [3.05, 3.63) is 29.8 Å². The summed E-state index contributed by atoms with van der Waals surface area (Å²) in [7, 11) is 0. The largest absolute Gasteiger partial charge is 0.494 e. The van der Waals surface area contributed by atoms with E-state index in [2.05, 4.69) is 24.4 Å². The van der Waals surface area contributed by atoms with Crippen LogP contribution in [0.1, 0.15) is 31.2 Å². The Labute approximate surface area is 111 Å². The van der Waals surface area contributed by atoms with Gasteiger partial charge in [-0.05, 0) is 58.0 Å². The maximum absolute atomic E-state index is 5.65. The van der Waals surface area contributed by atoms with Gasteiger partial charge in [0.2, 0.25) is 0 Å². The Balaban J connectivity index is 1.91. The monoisotopic (exact) mass is 250 g/mol. The average Bonchev–Trinajstić information content (AvgIpc) is 2.39. The Morgan fingerprint density at radius 3 is 2.44 bits per heavy atom. The number of rotatable bonds is 10. The van der Waals surface area contributed by atoms with Crippen molar-refractivity contribution in [2.24, 2.45) is 5.73 Å². The first-order chi connectivity index (χ1) is 8.83. The molecule has 0 spiro atoms. The maximum Gasteiger partial charge on any atom is 0.119 e. The van der Waals surface area contributed by atoms with Gasteiger partial charge in [0.15, 0.2) is 0 Å². The van der Waals surface area contributed by atoms with E-state index in [4.69, 9.17) is 10.5 Å². The van der Waals surface area contributed by atoms with Crippen LogP contribution < -0.4 is 15.8 Å². The number of hydrogen-bond acceptors (Lipinski definition) is 3. The summed E-state index contributed by atoms with van der Waals surface area (Å²) in [6, 6.07) is 8.20. The smallest absolute Gasteiger partial charge is 0.119 e. The second-order valence-electron chi connectivity index (χ2n) is 4.61. The summed E-state index contributed by atoms with van der Waals surface area (Å²) in [5.41, 5.74) is 6.70. The third-order valence-electron chi connectivity index (χ3n) is 2.85. The molecule has 0 fully saturated rings. The van der Waals surface area contributed by atoms with Crippen LogP contribution in [0.15, 0.2) is 24.3 Å². The van der Waals surface area contributed by atoms with E-state index in [1.54, 1.807) is 0 Å². The quantitative estimate of drug-likeness (QED) is 0.627. The minimum absolute atomic E-state index is 0.777. The summed E-state index contributed by atoms with van der Waals surface area (Å²) in [6.45, 7) is 5.78. The molecule has 0 heterocycles. The molecule has 0 saturated carbocycles. The van der Waals surface area contributed by atoms with Gasteiger partial charge in [0.05, 0.1) is 6.61 Å². The number of aryl methyl sites for hydroxylation is 1. The Morgan fingerprint density at radius 2 is 1.72 bits per heavy atom. The number of unbranched alkanes of at least 4 members (excludes halogenated alkanes) is 2.